The monoisotopic (exact) mass is 336 g/mol. The molecule has 116 valence electrons. The van der Waals surface area contributed by atoms with E-state index >= 15 is 0 Å². The maximum atomic E-state index is 5.98. The molecular formula is C17H18Cl2N2O. The van der Waals surface area contributed by atoms with Gasteiger partial charge in [0.05, 0.1) is 11.6 Å². The highest BCUT2D eigenvalue weighted by molar-refractivity contribution is 6.30. The van der Waals surface area contributed by atoms with Crippen molar-refractivity contribution in [2.45, 2.75) is 12.8 Å². The number of hydrogen-bond donors (Lipinski definition) is 1. The number of nitrogens with zero attached hydrogens (tertiary/aromatic N) is 1. The van der Waals surface area contributed by atoms with Crippen LogP contribution in [0.25, 0.3) is 0 Å². The zero-order valence-corrected chi connectivity index (χ0v) is 13.9. The van der Waals surface area contributed by atoms with Gasteiger partial charge in [-0.3, -0.25) is 0 Å². The van der Waals surface area contributed by atoms with Gasteiger partial charge in [0, 0.05) is 41.7 Å². The van der Waals surface area contributed by atoms with Gasteiger partial charge in [-0.1, -0.05) is 42.3 Å². The molecular weight excluding hydrogens is 319 g/mol. The lowest BCUT2D eigenvalue weighted by atomic mass is 9.77. The van der Waals surface area contributed by atoms with Gasteiger partial charge in [0.2, 0.25) is 5.88 Å². The predicted octanol–water partition coefficient (Wildman–Crippen LogP) is 4.16. The van der Waals surface area contributed by atoms with Crippen molar-refractivity contribution >= 4 is 23.2 Å². The molecule has 3 nitrogen and oxygen atoms in total. The van der Waals surface area contributed by atoms with Crippen molar-refractivity contribution in [2.24, 2.45) is 5.41 Å². The summed E-state index contributed by atoms with van der Waals surface area (Å²) in [5, 5.41) is 4.84. The van der Waals surface area contributed by atoms with Crippen LogP contribution in [0.3, 0.4) is 0 Å². The molecule has 1 aliphatic heterocycles. The van der Waals surface area contributed by atoms with E-state index < -0.39 is 0 Å². The number of rotatable bonds is 4. The van der Waals surface area contributed by atoms with Crippen molar-refractivity contribution in [1.82, 2.24) is 10.3 Å². The topological polar surface area (TPSA) is 34.1 Å². The van der Waals surface area contributed by atoms with Crippen LogP contribution in [0.15, 0.2) is 42.6 Å². The highest BCUT2D eigenvalue weighted by Gasteiger charge is 2.40. The second kappa shape index (κ2) is 6.45. The number of benzene rings is 1. The van der Waals surface area contributed by atoms with Crippen LogP contribution in [-0.2, 0) is 0 Å². The first-order chi connectivity index (χ1) is 10.6. The lowest BCUT2D eigenvalue weighted by Gasteiger charge is -2.30. The quantitative estimate of drug-likeness (QED) is 0.910. The molecule has 0 saturated carbocycles. The number of aromatic nitrogens is 1. The zero-order chi connectivity index (χ0) is 15.6. The summed E-state index contributed by atoms with van der Waals surface area (Å²) in [6.45, 7) is 4.69. The van der Waals surface area contributed by atoms with E-state index in [2.05, 4.69) is 29.4 Å². The number of hydrogen-bond acceptors (Lipinski definition) is 3. The maximum Gasteiger partial charge on any atom is 0.213 e. The largest absolute Gasteiger partial charge is 0.477 e. The Labute approximate surface area is 140 Å². The van der Waals surface area contributed by atoms with Crippen LogP contribution in [0.5, 0.6) is 5.88 Å². The van der Waals surface area contributed by atoms with Gasteiger partial charge in [0.25, 0.3) is 0 Å². The third kappa shape index (κ3) is 3.37. The minimum Gasteiger partial charge on any atom is -0.477 e. The predicted molar refractivity (Wildman–Crippen MR) is 89.9 cm³/mol. The third-order valence-electron chi connectivity index (χ3n) is 4.24. The molecule has 1 N–H and O–H groups in total. The number of nitrogens with one attached hydrogen (secondary N) is 1. The first-order valence-electron chi connectivity index (χ1n) is 7.27. The molecule has 5 heteroatoms. The Balaban J connectivity index is 1.72. The Morgan fingerprint density at radius 2 is 1.91 bits per heavy atom. The van der Waals surface area contributed by atoms with Gasteiger partial charge in [-0.15, -0.1) is 0 Å². The summed E-state index contributed by atoms with van der Waals surface area (Å²) in [4.78, 5) is 4.19. The second-order valence-electron chi connectivity index (χ2n) is 5.99. The molecule has 0 bridgehead atoms. The highest BCUT2D eigenvalue weighted by atomic mass is 35.5. The third-order valence-corrected chi connectivity index (χ3v) is 4.72. The number of halogens is 2. The Morgan fingerprint density at radius 1 is 1.18 bits per heavy atom. The van der Waals surface area contributed by atoms with Crippen LogP contribution in [-0.4, -0.2) is 24.7 Å². The summed E-state index contributed by atoms with van der Waals surface area (Å²) in [6.07, 6.45) is 1.60. The average molecular weight is 337 g/mol. The van der Waals surface area contributed by atoms with Crippen molar-refractivity contribution in [1.29, 1.82) is 0 Å². The van der Waals surface area contributed by atoms with Gasteiger partial charge in [-0.05, 0) is 23.8 Å². The fraction of sp³-hybridized carbons (Fsp3) is 0.353. The minimum absolute atomic E-state index is 0.00907. The fourth-order valence-electron chi connectivity index (χ4n) is 2.93. The molecule has 1 fully saturated rings. The minimum atomic E-state index is 0.00907. The van der Waals surface area contributed by atoms with Gasteiger partial charge >= 0.3 is 0 Å². The lowest BCUT2D eigenvalue weighted by Crippen LogP contribution is -2.32. The van der Waals surface area contributed by atoms with Crippen LogP contribution in [0.4, 0.5) is 0 Å². The lowest BCUT2D eigenvalue weighted by molar-refractivity contribution is 0.158. The van der Waals surface area contributed by atoms with Crippen LogP contribution >= 0.6 is 23.2 Å². The van der Waals surface area contributed by atoms with Crippen molar-refractivity contribution in [3.8, 4) is 5.88 Å². The normalized spacial score (nSPS) is 24.4. The smallest absolute Gasteiger partial charge is 0.213 e. The summed E-state index contributed by atoms with van der Waals surface area (Å²) in [5.41, 5.74) is 1.29. The first kappa shape index (κ1) is 15.6. The van der Waals surface area contributed by atoms with E-state index in [0.29, 0.717) is 23.4 Å². The molecule has 2 atom stereocenters. The second-order valence-corrected chi connectivity index (χ2v) is 6.87. The molecule has 0 spiro atoms. The summed E-state index contributed by atoms with van der Waals surface area (Å²) in [7, 11) is 0. The van der Waals surface area contributed by atoms with E-state index in [-0.39, 0.29) is 5.41 Å². The van der Waals surface area contributed by atoms with Crippen molar-refractivity contribution in [2.75, 3.05) is 19.7 Å². The molecule has 1 aliphatic rings. The SMILES string of the molecule is C[C@]1(COc2ccc(Cl)cn2)CNC[C@@H]1c1ccc(Cl)cc1. The van der Waals surface area contributed by atoms with Gasteiger partial charge < -0.3 is 10.1 Å². The van der Waals surface area contributed by atoms with Crippen LogP contribution in [0, 0.1) is 5.41 Å². The average Bonchev–Trinajstić information content (AvgIpc) is 2.90. The van der Waals surface area contributed by atoms with Crippen LogP contribution in [0.2, 0.25) is 10.0 Å². The van der Waals surface area contributed by atoms with E-state index in [1.165, 1.54) is 5.56 Å². The van der Waals surface area contributed by atoms with E-state index in [1.54, 1.807) is 18.3 Å². The molecule has 0 aliphatic carbocycles. The Hall–Kier alpha value is -1.29. The molecule has 0 amide bonds. The summed E-state index contributed by atoms with van der Waals surface area (Å²) in [5.74, 6) is 0.990. The van der Waals surface area contributed by atoms with E-state index in [9.17, 15) is 0 Å². The molecule has 0 unspecified atom stereocenters. The van der Waals surface area contributed by atoms with Gasteiger partial charge in [0.1, 0.15) is 0 Å². The van der Waals surface area contributed by atoms with Crippen LogP contribution in [0.1, 0.15) is 18.4 Å². The molecule has 1 aromatic carbocycles. The summed E-state index contributed by atoms with van der Waals surface area (Å²) in [6, 6.07) is 11.7. The van der Waals surface area contributed by atoms with Gasteiger partial charge in [0.15, 0.2) is 0 Å². The van der Waals surface area contributed by atoms with Gasteiger partial charge in [-0.2, -0.15) is 0 Å². The zero-order valence-electron chi connectivity index (χ0n) is 12.4. The van der Waals surface area contributed by atoms with E-state index in [0.717, 1.165) is 18.1 Å². The van der Waals surface area contributed by atoms with Crippen LogP contribution < -0.4 is 10.1 Å². The molecule has 0 radical (unpaired) electrons. The van der Waals surface area contributed by atoms with E-state index in [1.807, 2.05) is 12.1 Å². The first-order valence-corrected chi connectivity index (χ1v) is 8.03. The van der Waals surface area contributed by atoms with Gasteiger partial charge in [-0.25, -0.2) is 4.98 Å². The highest BCUT2D eigenvalue weighted by Crippen LogP contribution is 2.39. The summed E-state index contributed by atoms with van der Waals surface area (Å²) < 4.78 is 5.89. The van der Waals surface area contributed by atoms with Crippen molar-refractivity contribution in [3.05, 3.63) is 58.2 Å². The number of ether oxygens (including phenoxy) is 1. The molecule has 2 heterocycles. The molecule has 2 aromatic rings. The molecule has 22 heavy (non-hydrogen) atoms. The standard InChI is InChI=1S/C17H18Cl2N2O/c1-17(11-22-16-7-6-14(19)8-21-16)10-20-9-15(17)12-2-4-13(18)5-3-12/h2-8,15,20H,9-11H2,1H3/t15-,17-/m1/s1. The molecule has 3 rings (SSSR count). The molecule has 1 saturated heterocycles. The Kier molecular flexibility index (Phi) is 4.57. The maximum absolute atomic E-state index is 5.98. The van der Waals surface area contributed by atoms with E-state index in [4.69, 9.17) is 27.9 Å². The summed E-state index contributed by atoms with van der Waals surface area (Å²) >= 11 is 11.8. The Bertz CT molecular complexity index is 630. The van der Waals surface area contributed by atoms with Crippen molar-refractivity contribution < 1.29 is 4.74 Å². The number of pyridine rings is 1. The molecule has 1 aromatic heterocycles. The Morgan fingerprint density at radius 3 is 2.59 bits per heavy atom. The van der Waals surface area contributed by atoms with Crippen molar-refractivity contribution in [3.63, 3.8) is 0 Å². The fourth-order valence-corrected chi connectivity index (χ4v) is 3.16.